The number of anilines is 4. The maximum absolute atomic E-state index is 13.0. The number of hydrogen-bond acceptors (Lipinski definition) is 5. The third kappa shape index (κ3) is 6.27. The number of urea groups is 1. The van der Waals surface area contributed by atoms with Crippen LogP contribution in [0.3, 0.4) is 0 Å². The first-order valence-corrected chi connectivity index (χ1v) is 12.1. The Kier molecular flexibility index (Phi) is 8.28. The molecular weight excluding hydrogens is 456 g/mol. The number of carbonyl (C=O) groups is 2. The summed E-state index contributed by atoms with van der Waals surface area (Å²) in [5.74, 6) is 0.888. The largest absolute Gasteiger partial charge is 0.493 e. The number of methoxy groups -OCH3 is 2. The molecular formula is C28H32N4O4. The topological polar surface area (TPSA) is 91.9 Å². The second-order valence-corrected chi connectivity index (χ2v) is 8.60. The van der Waals surface area contributed by atoms with Crippen LogP contribution in [0.25, 0.3) is 0 Å². The van der Waals surface area contributed by atoms with E-state index in [0.717, 1.165) is 31.6 Å². The molecule has 1 aliphatic rings. The van der Waals surface area contributed by atoms with Crippen molar-refractivity contribution in [1.29, 1.82) is 0 Å². The fraction of sp³-hybridized carbons (Fsp3) is 0.286. The van der Waals surface area contributed by atoms with Crippen LogP contribution in [0.5, 0.6) is 11.5 Å². The minimum atomic E-state index is -0.398. The lowest BCUT2D eigenvalue weighted by atomic mass is 10.1. The molecule has 0 aromatic heterocycles. The summed E-state index contributed by atoms with van der Waals surface area (Å²) in [4.78, 5) is 28.0. The number of hydrogen-bond donors (Lipinski definition) is 3. The number of amides is 3. The predicted octanol–water partition coefficient (Wildman–Crippen LogP) is 5.98. The number of nitrogens with one attached hydrogen (secondary N) is 3. The molecule has 8 heteroatoms. The highest BCUT2D eigenvalue weighted by Crippen LogP contribution is 2.33. The zero-order valence-electron chi connectivity index (χ0n) is 20.7. The molecule has 1 saturated heterocycles. The zero-order valence-corrected chi connectivity index (χ0v) is 20.7. The van der Waals surface area contributed by atoms with Gasteiger partial charge in [0.1, 0.15) is 0 Å². The van der Waals surface area contributed by atoms with Crippen LogP contribution >= 0.6 is 0 Å². The molecule has 0 spiro atoms. The van der Waals surface area contributed by atoms with Crippen molar-refractivity contribution in [2.24, 2.45) is 0 Å². The van der Waals surface area contributed by atoms with Crippen LogP contribution in [0.2, 0.25) is 0 Å². The Morgan fingerprint density at radius 1 is 0.722 bits per heavy atom. The van der Waals surface area contributed by atoms with Gasteiger partial charge in [0.25, 0.3) is 5.91 Å². The number of nitrogens with zero attached hydrogens (tertiary/aromatic N) is 1. The summed E-state index contributed by atoms with van der Waals surface area (Å²) in [5.41, 5.74) is 3.28. The average Bonchev–Trinajstić information content (AvgIpc) is 3.19. The smallest absolute Gasteiger partial charge is 0.323 e. The maximum atomic E-state index is 13.0. The predicted molar refractivity (Wildman–Crippen MR) is 144 cm³/mol. The summed E-state index contributed by atoms with van der Waals surface area (Å²) in [6, 6.07) is 19.4. The Balaban J connectivity index is 1.56. The molecule has 1 fully saturated rings. The van der Waals surface area contributed by atoms with Gasteiger partial charge in [0.2, 0.25) is 0 Å². The van der Waals surface area contributed by atoms with Gasteiger partial charge >= 0.3 is 6.03 Å². The Hall–Kier alpha value is -4.20. The molecule has 8 nitrogen and oxygen atoms in total. The van der Waals surface area contributed by atoms with Gasteiger partial charge in [-0.3, -0.25) is 4.79 Å². The van der Waals surface area contributed by atoms with E-state index in [4.69, 9.17) is 9.47 Å². The lowest BCUT2D eigenvalue weighted by Gasteiger charge is -2.26. The van der Waals surface area contributed by atoms with Gasteiger partial charge in [-0.15, -0.1) is 0 Å². The molecule has 3 amide bonds. The summed E-state index contributed by atoms with van der Waals surface area (Å²) in [5, 5.41) is 8.77. The van der Waals surface area contributed by atoms with Crippen molar-refractivity contribution < 1.29 is 19.1 Å². The summed E-state index contributed by atoms with van der Waals surface area (Å²) >= 11 is 0. The van der Waals surface area contributed by atoms with Crippen LogP contribution in [-0.2, 0) is 0 Å². The SMILES string of the molecule is COc1ccc(NC(=O)Nc2cc(NC(=O)c3ccccc3)ccc2N2CCCCCC2)cc1OC. The second kappa shape index (κ2) is 12.0. The number of benzene rings is 3. The van der Waals surface area contributed by atoms with E-state index in [1.54, 1.807) is 50.6 Å². The van der Waals surface area contributed by atoms with Crippen LogP contribution in [0.1, 0.15) is 36.0 Å². The Bertz CT molecular complexity index is 1190. The molecule has 3 aromatic rings. The zero-order chi connectivity index (χ0) is 25.3. The third-order valence-corrected chi connectivity index (χ3v) is 6.13. The van der Waals surface area contributed by atoms with E-state index in [-0.39, 0.29) is 5.91 Å². The number of rotatable bonds is 7. The highest BCUT2D eigenvalue weighted by Gasteiger charge is 2.17. The van der Waals surface area contributed by atoms with Gasteiger partial charge in [-0.2, -0.15) is 0 Å². The van der Waals surface area contributed by atoms with Gasteiger partial charge in [0, 0.05) is 36.1 Å². The normalized spacial score (nSPS) is 13.3. The van der Waals surface area contributed by atoms with Crippen LogP contribution < -0.4 is 30.3 Å². The maximum Gasteiger partial charge on any atom is 0.323 e. The Labute approximate surface area is 211 Å². The monoisotopic (exact) mass is 488 g/mol. The van der Waals surface area contributed by atoms with Gasteiger partial charge < -0.3 is 30.3 Å². The van der Waals surface area contributed by atoms with Crippen LogP contribution in [-0.4, -0.2) is 39.2 Å². The molecule has 188 valence electrons. The summed E-state index contributed by atoms with van der Waals surface area (Å²) in [6.45, 7) is 1.84. The number of carbonyl (C=O) groups excluding carboxylic acids is 2. The van der Waals surface area contributed by atoms with E-state index < -0.39 is 6.03 Å². The van der Waals surface area contributed by atoms with E-state index in [1.807, 2.05) is 30.3 Å². The van der Waals surface area contributed by atoms with Gasteiger partial charge in [-0.1, -0.05) is 31.0 Å². The molecule has 0 saturated carbocycles. The van der Waals surface area contributed by atoms with Crippen LogP contribution in [0.4, 0.5) is 27.5 Å². The molecule has 3 aromatic carbocycles. The van der Waals surface area contributed by atoms with Crippen molar-refractivity contribution >= 4 is 34.7 Å². The molecule has 0 aliphatic carbocycles. The number of ether oxygens (including phenoxy) is 2. The summed E-state index contributed by atoms with van der Waals surface area (Å²) < 4.78 is 10.6. The van der Waals surface area contributed by atoms with Gasteiger partial charge in [0.05, 0.1) is 25.6 Å². The highest BCUT2D eigenvalue weighted by atomic mass is 16.5. The van der Waals surface area contributed by atoms with Crippen LogP contribution in [0, 0.1) is 0 Å². The highest BCUT2D eigenvalue weighted by molar-refractivity contribution is 6.06. The van der Waals surface area contributed by atoms with Crippen molar-refractivity contribution in [3.63, 3.8) is 0 Å². The fourth-order valence-corrected chi connectivity index (χ4v) is 4.29. The van der Waals surface area contributed by atoms with E-state index in [0.29, 0.717) is 34.1 Å². The van der Waals surface area contributed by atoms with Gasteiger partial charge in [-0.05, 0) is 55.3 Å². The molecule has 4 rings (SSSR count). The minimum absolute atomic E-state index is 0.209. The lowest BCUT2D eigenvalue weighted by molar-refractivity contribution is 0.102. The van der Waals surface area contributed by atoms with E-state index >= 15 is 0 Å². The Morgan fingerprint density at radius 3 is 2.08 bits per heavy atom. The molecule has 0 unspecified atom stereocenters. The van der Waals surface area contributed by atoms with Crippen molar-refractivity contribution in [3.05, 3.63) is 72.3 Å². The minimum Gasteiger partial charge on any atom is -0.493 e. The summed E-state index contributed by atoms with van der Waals surface area (Å²) in [7, 11) is 3.11. The molecule has 0 bridgehead atoms. The quantitative estimate of drug-likeness (QED) is 0.380. The molecule has 3 N–H and O–H groups in total. The second-order valence-electron chi connectivity index (χ2n) is 8.60. The molecule has 0 radical (unpaired) electrons. The van der Waals surface area contributed by atoms with Gasteiger partial charge in [0.15, 0.2) is 11.5 Å². The fourth-order valence-electron chi connectivity index (χ4n) is 4.29. The van der Waals surface area contributed by atoms with E-state index in [1.165, 1.54) is 12.8 Å². The van der Waals surface area contributed by atoms with Crippen molar-refractivity contribution in [3.8, 4) is 11.5 Å². The van der Waals surface area contributed by atoms with Crippen LogP contribution in [0.15, 0.2) is 66.7 Å². The van der Waals surface area contributed by atoms with E-state index in [2.05, 4.69) is 20.9 Å². The molecule has 36 heavy (non-hydrogen) atoms. The van der Waals surface area contributed by atoms with Gasteiger partial charge in [-0.25, -0.2) is 4.79 Å². The Morgan fingerprint density at radius 2 is 1.39 bits per heavy atom. The average molecular weight is 489 g/mol. The molecule has 1 heterocycles. The van der Waals surface area contributed by atoms with Crippen molar-refractivity contribution in [1.82, 2.24) is 0 Å². The summed E-state index contributed by atoms with van der Waals surface area (Å²) in [6.07, 6.45) is 4.60. The molecule has 1 aliphatic heterocycles. The van der Waals surface area contributed by atoms with Crippen molar-refractivity contribution in [2.45, 2.75) is 25.7 Å². The third-order valence-electron chi connectivity index (χ3n) is 6.13. The first-order chi connectivity index (χ1) is 17.6. The first-order valence-electron chi connectivity index (χ1n) is 12.1. The van der Waals surface area contributed by atoms with E-state index in [9.17, 15) is 9.59 Å². The first kappa shape index (κ1) is 24.9. The standard InChI is InChI=1S/C28H32N4O4/c1-35-25-15-13-22(19-26(25)36-2)30-28(34)31-23-18-21(29-27(33)20-10-6-5-7-11-20)12-14-24(23)32-16-8-3-4-9-17-32/h5-7,10-15,18-19H,3-4,8-9,16-17H2,1-2H3,(H,29,33)(H2,30,31,34). The van der Waals surface area contributed by atoms with Crippen molar-refractivity contribution in [2.75, 3.05) is 48.2 Å². The molecule has 0 atom stereocenters. The lowest BCUT2D eigenvalue weighted by Crippen LogP contribution is -2.27.